The minimum Gasteiger partial charge on any atom is -0.355 e. The molecule has 1 aliphatic heterocycles. The summed E-state index contributed by atoms with van der Waals surface area (Å²) in [5.41, 5.74) is 34.4. The number of rotatable bonds is 5. The smallest absolute Gasteiger partial charge is 0.198 e. The first kappa shape index (κ1) is 51.0. The Hall–Kier alpha value is -5.80. The van der Waals surface area contributed by atoms with Gasteiger partial charge in [0.25, 0.3) is 0 Å². The van der Waals surface area contributed by atoms with Crippen molar-refractivity contribution in [2.45, 2.75) is 201 Å². The van der Waals surface area contributed by atoms with Crippen LogP contribution in [0.5, 0.6) is 0 Å². The van der Waals surface area contributed by atoms with Crippen molar-refractivity contribution in [3.63, 3.8) is 0 Å². The molecule has 0 saturated heterocycles. The highest BCUT2D eigenvalue weighted by Gasteiger charge is 2.44. The molecule has 76 heavy (non-hydrogen) atoms. The van der Waals surface area contributed by atoms with Crippen molar-refractivity contribution in [2.24, 2.45) is 0 Å². The second-order valence-corrected chi connectivity index (χ2v) is 29.3. The number of anilines is 5. The van der Waals surface area contributed by atoms with Crippen LogP contribution in [-0.2, 0) is 37.9 Å². The van der Waals surface area contributed by atoms with Crippen LogP contribution in [0.3, 0.4) is 0 Å². The minimum absolute atomic E-state index is 0.0158. The number of fused-ring (bicyclic) bond motifs is 8. The first-order valence-corrected chi connectivity index (χ1v) is 29.1. The number of nitrogens with one attached hydrogen (secondary N) is 1. The SMILES string of the molecule is Cc1cc(C)c(-c2cc(-c3cc4c(cc3Nc3ccc5c(c3)C(C)(C)CCC5(C)C)C(C)(C)CCC4(C)C)c3c(c2)N(c2cc4c(cc2C)C(C)(C)CCC4(C)C)c2cc4c(cc2B3)C(C)(C)c2ccccc2-4)c(C)c1. The maximum Gasteiger partial charge on any atom is 0.198 e. The van der Waals surface area contributed by atoms with Crippen LogP contribution in [0.1, 0.15) is 202 Å². The zero-order valence-electron chi connectivity index (χ0n) is 49.7. The quantitative estimate of drug-likeness (QED) is 0.173. The monoisotopic (exact) mass is 1000 g/mol. The second-order valence-electron chi connectivity index (χ2n) is 29.3. The van der Waals surface area contributed by atoms with Gasteiger partial charge in [-0.15, -0.1) is 0 Å². The molecule has 0 fully saturated rings. The molecule has 1 N–H and O–H groups in total. The van der Waals surface area contributed by atoms with E-state index in [1.807, 2.05) is 0 Å². The van der Waals surface area contributed by atoms with Gasteiger partial charge in [-0.3, -0.25) is 0 Å². The Kier molecular flexibility index (Phi) is 11.1. The van der Waals surface area contributed by atoms with Gasteiger partial charge in [0.2, 0.25) is 0 Å². The molecule has 0 aromatic heterocycles. The van der Waals surface area contributed by atoms with Crippen LogP contribution in [0, 0.1) is 27.7 Å². The molecule has 0 amide bonds. The largest absolute Gasteiger partial charge is 0.355 e. The van der Waals surface area contributed by atoms with Gasteiger partial charge >= 0.3 is 0 Å². The van der Waals surface area contributed by atoms with Crippen LogP contribution in [0.4, 0.5) is 28.4 Å². The molecule has 0 unspecified atom stereocenters. The van der Waals surface area contributed by atoms with Gasteiger partial charge in [0.15, 0.2) is 7.28 Å². The molecule has 0 bridgehead atoms. The van der Waals surface area contributed by atoms with Crippen LogP contribution in [0.15, 0.2) is 103 Å². The fourth-order valence-corrected chi connectivity index (χ4v) is 15.5. The summed E-state index contributed by atoms with van der Waals surface area (Å²) < 4.78 is 0. The number of hydrogen-bond acceptors (Lipinski definition) is 2. The van der Waals surface area contributed by atoms with Crippen molar-refractivity contribution in [3.05, 3.63) is 170 Å². The van der Waals surface area contributed by atoms with E-state index in [1.54, 1.807) is 0 Å². The lowest BCUT2D eigenvalue weighted by atomic mass is 9.56. The molecule has 0 spiro atoms. The predicted octanol–water partition coefficient (Wildman–Crippen LogP) is 18.5. The van der Waals surface area contributed by atoms with E-state index in [9.17, 15) is 0 Å². The number of nitrogens with zero attached hydrogens (tertiary/aromatic N) is 1. The highest BCUT2D eigenvalue weighted by molar-refractivity contribution is 6.73. The Morgan fingerprint density at radius 2 is 0.934 bits per heavy atom. The summed E-state index contributed by atoms with van der Waals surface area (Å²) in [4.78, 5) is 2.74. The third kappa shape index (κ3) is 7.76. The van der Waals surface area contributed by atoms with Crippen LogP contribution in [-0.4, -0.2) is 7.28 Å². The molecule has 390 valence electrons. The summed E-state index contributed by atoms with van der Waals surface area (Å²) in [5, 5.41) is 4.26. The highest BCUT2D eigenvalue weighted by Crippen LogP contribution is 2.56. The molecule has 7 aromatic rings. The van der Waals surface area contributed by atoms with Crippen LogP contribution in [0.2, 0.25) is 0 Å². The minimum atomic E-state index is -0.122. The fraction of sp³-hybridized carbons (Fsp3) is 0.425. The van der Waals surface area contributed by atoms with Gasteiger partial charge in [-0.2, -0.15) is 0 Å². The average molecular weight is 1000 g/mol. The standard InChI is InChI=1S/C73H85BN2/c1-42-31-44(3)65(45(4)32-42)46-34-51(50-37-57-58(71(13,14)29-28-70(57,11)12)40-61(50)75-47-23-24-53-56(36-47)69(9,10)26-25-67(53,5)6)66-64(35-46)76(62-41-59-55(33-43(62)2)68(7,8)27-30-72(59,15)16)63-38-49-48-21-19-20-22-52(48)73(17,18)54(49)39-60(63)74-66/h19-24,31-41,74-75H,25-30H2,1-18H3. The van der Waals surface area contributed by atoms with E-state index in [1.165, 1.54) is 165 Å². The lowest BCUT2D eigenvalue weighted by molar-refractivity contribution is 0.332. The van der Waals surface area contributed by atoms with Gasteiger partial charge in [-0.05, 0) is 242 Å². The van der Waals surface area contributed by atoms with Gasteiger partial charge in [0, 0.05) is 39.4 Å². The molecule has 4 aliphatic carbocycles. The van der Waals surface area contributed by atoms with E-state index in [4.69, 9.17) is 0 Å². The summed E-state index contributed by atoms with van der Waals surface area (Å²) in [6.07, 6.45) is 7.07. The molecule has 0 atom stereocenters. The first-order chi connectivity index (χ1) is 35.5. The maximum atomic E-state index is 4.26. The number of hydrogen-bond donors (Lipinski definition) is 1. The molecule has 1 heterocycles. The fourth-order valence-electron chi connectivity index (χ4n) is 15.5. The third-order valence-corrected chi connectivity index (χ3v) is 20.6. The van der Waals surface area contributed by atoms with E-state index in [2.05, 4.69) is 238 Å². The molecule has 12 rings (SSSR count). The first-order valence-electron chi connectivity index (χ1n) is 29.1. The Morgan fingerprint density at radius 1 is 0.395 bits per heavy atom. The zero-order valence-corrected chi connectivity index (χ0v) is 49.7. The molecule has 0 saturated carbocycles. The lowest BCUT2D eigenvalue weighted by Crippen LogP contribution is -2.42. The topological polar surface area (TPSA) is 15.3 Å². The van der Waals surface area contributed by atoms with Crippen LogP contribution in [0.25, 0.3) is 33.4 Å². The average Bonchev–Trinajstić information content (AvgIpc) is 3.58. The Balaban J connectivity index is 1.19. The van der Waals surface area contributed by atoms with Crippen molar-refractivity contribution >= 4 is 46.6 Å². The molecular weight excluding hydrogens is 916 g/mol. The van der Waals surface area contributed by atoms with Gasteiger partial charge in [-0.1, -0.05) is 163 Å². The summed E-state index contributed by atoms with van der Waals surface area (Å²) in [6, 6.07) is 42.2. The van der Waals surface area contributed by atoms with Crippen molar-refractivity contribution in [2.75, 3.05) is 10.2 Å². The normalized spacial score (nSPS) is 19.9. The molecular formula is C73H85BN2. The van der Waals surface area contributed by atoms with Gasteiger partial charge in [-0.25, -0.2) is 0 Å². The van der Waals surface area contributed by atoms with Crippen molar-refractivity contribution in [3.8, 4) is 33.4 Å². The Labute approximate surface area is 458 Å². The molecule has 2 nitrogen and oxygen atoms in total. The van der Waals surface area contributed by atoms with E-state index >= 15 is 0 Å². The zero-order chi connectivity index (χ0) is 54.2. The molecule has 7 aromatic carbocycles. The summed E-state index contributed by atoms with van der Waals surface area (Å²) in [6.45, 7) is 43.8. The predicted molar refractivity (Wildman–Crippen MR) is 331 cm³/mol. The third-order valence-electron chi connectivity index (χ3n) is 20.6. The highest BCUT2D eigenvalue weighted by atomic mass is 15.2. The molecule has 3 heteroatoms. The van der Waals surface area contributed by atoms with Crippen LogP contribution < -0.4 is 21.1 Å². The van der Waals surface area contributed by atoms with E-state index in [0.29, 0.717) is 0 Å². The molecule has 5 aliphatic rings. The van der Waals surface area contributed by atoms with Crippen molar-refractivity contribution in [1.82, 2.24) is 0 Å². The van der Waals surface area contributed by atoms with E-state index in [-0.39, 0.29) is 37.9 Å². The Bertz CT molecular complexity index is 3600. The summed E-state index contributed by atoms with van der Waals surface area (Å²) >= 11 is 0. The second kappa shape index (κ2) is 16.6. The maximum absolute atomic E-state index is 4.26. The summed E-state index contributed by atoms with van der Waals surface area (Å²) in [5.74, 6) is 0. The number of benzene rings is 7. The molecule has 0 radical (unpaired) electrons. The van der Waals surface area contributed by atoms with Crippen LogP contribution >= 0.6 is 0 Å². The van der Waals surface area contributed by atoms with Gasteiger partial charge in [0.05, 0.1) is 0 Å². The van der Waals surface area contributed by atoms with E-state index < -0.39 is 0 Å². The number of aryl methyl sites for hydroxylation is 4. The van der Waals surface area contributed by atoms with Gasteiger partial charge in [0.1, 0.15) is 0 Å². The van der Waals surface area contributed by atoms with Crippen molar-refractivity contribution < 1.29 is 0 Å². The van der Waals surface area contributed by atoms with E-state index in [0.717, 1.165) is 20.1 Å². The van der Waals surface area contributed by atoms with Crippen molar-refractivity contribution in [1.29, 1.82) is 0 Å². The Morgan fingerprint density at radius 3 is 1.55 bits per heavy atom. The van der Waals surface area contributed by atoms with Gasteiger partial charge < -0.3 is 10.2 Å². The summed E-state index contributed by atoms with van der Waals surface area (Å²) in [7, 11) is 0.832. The lowest BCUT2D eigenvalue weighted by Gasteiger charge is -2.44.